The third-order valence-electron chi connectivity index (χ3n) is 6.94. The molecule has 0 radical (unpaired) electrons. The van der Waals surface area contributed by atoms with Gasteiger partial charge in [0.05, 0.1) is 29.9 Å². The molecule has 3 heterocycles. The fourth-order valence-electron chi connectivity index (χ4n) is 4.00. The summed E-state index contributed by atoms with van der Waals surface area (Å²) in [5, 5.41) is 0.957. The van der Waals surface area contributed by atoms with Gasteiger partial charge in [-0.3, -0.25) is 0 Å². The Balaban J connectivity index is 0.000000243. The zero-order valence-corrected chi connectivity index (χ0v) is 18.2. The molecule has 6 nitrogen and oxygen atoms in total. The topological polar surface area (TPSA) is 79.5 Å². The van der Waals surface area contributed by atoms with Gasteiger partial charge in [0.25, 0.3) is 0 Å². The van der Waals surface area contributed by atoms with Gasteiger partial charge in [-0.05, 0) is 58.0 Å². The highest BCUT2D eigenvalue weighted by Gasteiger charge is 2.51. The molecule has 2 saturated heterocycles. The first kappa shape index (κ1) is 20.6. The van der Waals surface area contributed by atoms with Crippen molar-refractivity contribution in [2.45, 2.75) is 71.5 Å². The predicted molar refractivity (Wildman–Crippen MR) is 116 cm³/mol. The van der Waals surface area contributed by atoms with Crippen LogP contribution in [0, 0.1) is 5.41 Å². The van der Waals surface area contributed by atoms with Crippen LogP contribution in [0.3, 0.4) is 0 Å². The van der Waals surface area contributed by atoms with Crippen LogP contribution < -0.4 is 11.2 Å². The molecule has 0 unspecified atom stereocenters. The maximum atomic E-state index is 6.13. The average molecular weight is 397 g/mol. The number of ether oxygens (including phenoxy) is 1. The lowest BCUT2D eigenvalue weighted by Crippen LogP contribution is -2.47. The second-order valence-electron chi connectivity index (χ2n) is 9.63. The Labute approximate surface area is 173 Å². The molecule has 3 aliphatic rings. The SMILES string of the molecule is C1CC2(C1)COC2.CCc1cc(B2OC(C)(C)C(C)(C)O2)cc2cnc(N)nc12. The van der Waals surface area contributed by atoms with Gasteiger partial charge in [-0.2, -0.15) is 0 Å². The number of benzene rings is 1. The lowest BCUT2D eigenvalue weighted by atomic mass is 9.67. The second kappa shape index (κ2) is 7.22. The van der Waals surface area contributed by atoms with E-state index in [4.69, 9.17) is 19.8 Å². The molecule has 2 N–H and O–H groups in total. The van der Waals surface area contributed by atoms with Crippen LogP contribution in [0.4, 0.5) is 5.95 Å². The normalized spacial score (nSPS) is 23.3. The molecule has 3 fully saturated rings. The van der Waals surface area contributed by atoms with E-state index in [2.05, 4.69) is 50.7 Å². The van der Waals surface area contributed by atoms with E-state index in [1.54, 1.807) is 6.20 Å². The van der Waals surface area contributed by atoms with Gasteiger partial charge in [0.1, 0.15) is 0 Å². The Bertz CT molecular complexity index is 876. The summed E-state index contributed by atoms with van der Waals surface area (Å²) < 4.78 is 17.3. The van der Waals surface area contributed by atoms with E-state index in [0.717, 1.165) is 47.0 Å². The quantitative estimate of drug-likeness (QED) is 0.784. The van der Waals surface area contributed by atoms with Crippen LogP contribution in [0.1, 0.15) is 59.4 Å². The fourth-order valence-corrected chi connectivity index (χ4v) is 4.00. The third kappa shape index (κ3) is 3.76. The van der Waals surface area contributed by atoms with Crippen LogP contribution in [-0.4, -0.2) is 41.5 Å². The number of hydrogen-bond donors (Lipinski definition) is 1. The van der Waals surface area contributed by atoms with Crippen LogP contribution in [0.5, 0.6) is 0 Å². The van der Waals surface area contributed by atoms with Crippen LogP contribution >= 0.6 is 0 Å². The molecule has 156 valence electrons. The molecule has 1 aliphatic carbocycles. The number of nitrogen functional groups attached to an aromatic ring is 1. The minimum Gasteiger partial charge on any atom is -0.399 e. The fraction of sp³-hybridized carbons (Fsp3) is 0.636. The Morgan fingerprint density at radius 3 is 2.17 bits per heavy atom. The highest BCUT2D eigenvalue weighted by atomic mass is 16.7. The van der Waals surface area contributed by atoms with Crippen molar-refractivity contribution < 1.29 is 14.0 Å². The van der Waals surface area contributed by atoms with Gasteiger partial charge in [0, 0.05) is 17.0 Å². The van der Waals surface area contributed by atoms with E-state index in [-0.39, 0.29) is 18.3 Å². The molecular formula is C22H32BN3O3. The smallest absolute Gasteiger partial charge is 0.399 e. The molecule has 0 bridgehead atoms. The van der Waals surface area contributed by atoms with Gasteiger partial charge in [-0.25, -0.2) is 9.97 Å². The lowest BCUT2D eigenvalue weighted by molar-refractivity contribution is -0.155. The number of anilines is 1. The van der Waals surface area contributed by atoms with Crippen molar-refractivity contribution >= 4 is 29.4 Å². The number of nitrogens with zero attached hydrogens (tertiary/aromatic N) is 2. The minimum absolute atomic E-state index is 0.297. The van der Waals surface area contributed by atoms with Gasteiger partial charge in [0.15, 0.2) is 0 Å². The van der Waals surface area contributed by atoms with Crippen molar-refractivity contribution in [2.75, 3.05) is 18.9 Å². The number of hydrogen-bond acceptors (Lipinski definition) is 6. The van der Waals surface area contributed by atoms with Gasteiger partial charge in [0.2, 0.25) is 5.95 Å². The van der Waals surface area contributed by atoms with E-state index in [9.17, 15) is 0 Å². The monoisotopic (exact) mass is 397 g/mol. The van der Waals surface area contributed by atoms with Crippen molar-refractivity contribution in [2.24, 2.45) is 5.41 Å². The Morgan fingerprint density at radius 1 is 1.07 bits per heavy atom. The highest BCUT2D eigenvalue weighted by molar-refractivity contribution is 6.62. The number of rotatable bonds is 2. The summed E-state index contributed by atoms with van der Waals surface area (Å²) in [5.74, 6) is 0.297. The third-order valence-corrected chi connectivity index (χ3v) is 6.94. The molecule has 0 atom stereocenters. The number of fused-ring (bicyclic) bond motifs is 1. The Kier molecular flexibility index (Phi) is 5.12. The molecule has 1 spiro atoms. The lowest BCUT2D eigenvalue weighted by Gasteiger charge is -2.48. The summed E-state index contributed by atoms with van der Waals surface area (Å²) in [7, 11) is -0.378. The maximum absolute atomic E-state index is 6.13. The zero-order valence-electron chi connectivity index (χ0n) is 18.2. The summed E-state index contributed by atoms with van der Waals surface area (Å²) in [4.78, 5) is 8.45. The predicted octanol–water partition coefficient (Wildman–Crippen LogP) is 3.26. The van der Waals surface area contributed by atoms with Gasteiger partial charge in [-0.15, -0.1) is 0 Å². The van der Waals surface area contributed by atoms with Crippen LogP contribution in [0.25, 0.3) is 10.9 Å². The molecule has 0 amide bonds. The molecule has 7 heteroatoms. The van der Waals surface area contributed by atoms with Crippen molar-refractivity contribution in [1.82, 2.24) is 9.97 Å². The van der Waals surface area contributed by atoms with E-state index < -0.39 is 0 Å². The summed E-state index contributed by atoms with van der Waals surface area (Å²) in [6.07, 6.45) is 6.94. The number of aryl methyl sites for hydroxylation is 1. The summed E-state index contributed by atoms with van der Waals surface area (Å²) in [6, 6.07) is 4.12. The van der Waals surface area contributed by atoms with E-state index in [0.29, 0.717) is 5.95 Å². The Morgan fingerprint density at radius 2 is 1.72 bits per heavy atom. The Hall–Kier alpha value is -1.70. The van der Waals surface area contributed by atoms with E-state index in [1.807, 2.05) is 6.07 Å². The molecule has 2 aliphatic heterocycles. The standard InChI is InChI=1S/C16H22BN3O2.C6H10O/c1-6-10-7-12(8-11-9-19-14(18)20-13(10)11)17-21-15(2,3)16(4,5)22-17;1-2-6(3-1)4-7-5-6/h7-9H,6H2,1-5H3,(H2,18,19,20);1-5H2. The van der Waals surface area contributed by atoms with Crippen molar-refractivity contribution in [3.05, 3.63) is 23.9 Å². The number of aromatic nitrogens is 2. The van der Waals surface area contributed by atoms with Gasteiger partial charge in [-0.1, -0.05) is 25.5 Å². The molecule has 2 aromatic rings. The van der Waals surface area contributed by atoms with Crippen LogP contribution in [-0.2, 0) is 20.5 Å². The summed E-state index contributed by atoms with van der Waals surface area (Å²) >= 11 is 0. The summed E-state index contributed by atoms with van der Waals surface area (Å²) in [5.41, 5.74) is 8.74. The van der Waals surface area contributed by atoms with Gasteiger partial charge >= 0.3 is 7.12 Å². The first-order valence-electron chi connectivity index (χ1n) is 10.6. The molecule has 1 aromatic carbocycles. The molecule has 1 saturated carbocycles. The highest BCUT2D eigenvalue weighted by Crippen LogP contribution is 2.46. The number of nitrogens with two attached hydrogens (primary N) is 1. The first-order valence-corrected chi connectivity index (χ1v) is 10.6. The second-order valence-corrected chi connectivity index (χ2v) is 9.63. The van der Waals surface area contributed by atoms with Gasteiger partial charge < -0.3 is 19.8 Å². The molecular weight excluding hydrogens is 365 g/mol. The van der Waals surface area contributed by atoms with E-state index in [1.165, 1.54) is 19.3 Å². The zero-order chi connectivity index (χ0) is 20.9. The first-order chi connectivity index (χ1) is 13.6. The van der Waals surface area contributed by atoms with Crippen molar-refractivity contribution in [3.8, 4) is 0 Å². The minimum atomic E-state index is -0.378. The average Bonchev–Trinajstić information content (AvgIpc) is 2.79. The van der Waals surface area contributed by atoms with Crippen molar-refractivity contribution in [1.29, 1.82) is 0 Å². The summed E-state index contributed by atoms with van der Waals surface area (Å²) in [6.45, 7) is 12.4. The molecule has 1 aromatic heterocycles. The van der Waals surface area contributed by atoms with Crippen LogP contribution in [0.2, 0.25) is 0 Å². The van der Waals surface area contributed by atoms with Crippen molar-refractivity contribution in [3.63, 3.8) is 0 Å². The largest absolute Gasteiger partial charge is 0.494 e. The van der Waals surface area contributed by atoms with E-state index >= 15 is 0 Å². The molecule has 29 heavy (non-hydrogen) atoms. The van der Waals surface area contributed by atoms with Crippen LogP contribution in [0.15, 0.2) is 18.3 Å². The molecule has 5 rings (SSSR count). The maximum Gasteiger partial charge on any atom is 0.494 e.